The lowest BCUT2D eigenvalue weighted by Crippen LogP contribution is -2.37. The molecule has 0 aliphatic carbocycles. The van der Waals surface area contributed by atoms with Crippen LogP contribution in [0.15, 0.2) is 97.1 Å². The van der Waals surface area contributed by atoms with Crippen molar-refractivity contribution in [3.8, 4) is 0 Å². The normalized spacial score (nSPS) is 21.6. The number of amides is 2. The van der Waals surface area contributed by atoms with Crippen molar-refractivity contribution in [2.45, 2.75) is 12.1 Å². The van der Waals surface area contributed by atoms with Gasteiger partial charge in [-0.2, -0.15) is 0 Å². The fourth-order valence-electron chi connectivity index (χ4n) is 5.16. The summed E-state index contributed by atoms with van der Waals surface area (Å²) in [6.45, 7) is 0. The first-order valence-corrected chi connectivity index (χ1v) is 11.7. The number of carbonyl (C=O) groups is 2. The van der Waals surface area contributed by atoms with Gasteiger partial charge < -0.3 is 4.90 Å². The lowest BCUT2D eigenvalue weighted by molar-refractivity contribution is -0.126. The van der Waals surface area contributed by atoms with Crippen molar-refractivity contribution in [3.05, 3.63) is 103 Å². The molecule has 3 atom stereocenters. The summed E-state index contributed by atoms with van der Waals surface area (Å²) < 4.78 is 0. The van der Waals surface area contributed by atoms with E-state index in [2.05, 4.69) is 0 Å². The van der Waals surface area contributed by atoms with Crippen LogP contribution in [0.3, 0.4) is 0 Å². The molecule has 0 bridgehead atoms. The Labute approximate surface area is 203 Å². The van der Waals surface area contributed by atoms with Crippen LogP contribution in [-0.4, -0.2) is 32.0 Å². The second-order valence-electron chi connectivity index (χ2n) is 9.15. The topological polar surface area (TPSA) is 53.1 Å². The number of anilines is 3. The van der Waals surface area contributed by atoms with Gasteiger partial charge in [0.15, 0.2) is 6.10 Å². The number of benzene rings is 4. The maximum absolute atomic E-state index is 14.0. The molecule has 0 N–H and O–H groups in total. The largest absolute Gasteiger partial charge is 0.378 e. The maximum Gasteiger partial charge on any atom is 0.266 e. The Balaban J connectivity index is 1.45. The molecule has 0 spiro atoms. The molecule has 6 rings (SSSR count). The van der Waals surface area contributed by atoms with Gasteiger partial charge in [-0.25, -0.2) is 9.96 Å². The number of fused-ring (bicyclic) bond motifs is 2. The number of para-hydroxylation sites is 1. The van der Waals surface area contributed by atoms with E-state index in [1.807, 2.05) is 116 Å². The van der Waals surface area contributed by atoms with E-state index in [-0.39, 0.29) is 11.8 Å². The predicted octanol–water partition coefficient (Wildman–Crippen LogP) is 4.96. The Morgan fingerprint density at radius 2 is 1.43 bits per heavy atom. The number of nitrogens with zero attached hydrogens (tertiary/aromatic N) is 3. The van der Waals surface area contributed by atoms with Gasteiger partial charge in [0.2, 0.25) is 5.91 Å². The van der Waals surface area contributed by atoms with Crippen LogP contribution in [0.2, 0.25) is 0 Å². The zero-order valence-electron chi connectivity index (χ0n) is 19.5. The first kappa shape index (κ1) is 21.4. The number of hydrogen-bond acceptors (Lipinski definition) is 5. The smallest absolute Gasteiger partial charge is 0.266 e. The Morgan fingerprint density at radius 1 is 0.743 bits per heavy atom. The van der Waals surface area contributed by atoms with Crippen LogP contribution in [-0.2, 0) is 14.4 Å². The molecule has 0 saturated carbocycles. The molecular weight excluding hydrogens is 438 g/mol. The molecule has 2 aliphatic heterocycles. The third kappa shape index (κ3) is 3.37. The summed E-state index contributed by atoms with van der Waals surface area (Å²) >= 11 is 0. The molecule has 174 valence electrons. The average Bonchev–Trinajstić information content (AvgIpc) is 3.40. The summed E-state index contributed by atoms with van der Waals surface area (Å²) in [5.41, 5.74) is 3.39. The highest BCUT2D eigenvalue weighted by Crippen LogP contribution is 2.48. The molecule has 6 heteroatoms. The van der Waals surface area contributed by atoms with E-state index in [4.69, 9.17) is 4.84 Å². The van der Waals surface area contributed by atoms with Crippen molar-refractivity contribution in [1.82, 2.24) is 0 Å². The molecule has 2 amide bonds. The van der Waals surface area contributed by atoms with Gasteiger partial charge in [0.05, 0.1) is 17.4 Å². The van der Waals surface area contributed by atoms with E-state index in [0.717, 1.165) is 27.7 Å². The van der Waals surface area contributed by atoms with Gasteiger partial charge in [-0.05, 0) is 41.3 Å². The van der Waals surface area contributed by atoms with Crippen LogP contribution in [0, 0.1) is 5.92 Å². The quantitative estimate of drug-likeness (QED) is 0.401. The van der Waals surface area contributed by atoms with Crippen LogP contribution in [0.4, 0.5) is 17.1 Å². The molecule has 6 nitrogen and oxygen atoms in total. The molecule has 2 saturated heterocycles. The molecule has 2 heterocycles. The maximum atomic E-state index is 14.0. The van der Waals surface area contributed by atoms with E-state index in [9.17, 15) is 9.59 Å². The lowest BCUT2D eigenvalue weighted by Gasteiger charge is -2.29. The Morgan fingerprint density at radius 3 is 2.17 bits per heavy atom. The zero-order chi connectivity index (χ0) is 24.1. The SMILES string of the molecule is CN(C)c1ccc([C@H]2[C@@H]3C(=O)N(c4cccc5ccccc45)C(=O)[C@H]3ON2c2ccccc2)cc1. The lowest BCUT2D eigenvalue weighted by atomic mass is 9.90. The first-order valence-electron chi connectivity index (χ1n) is 11.7. The van der Waals surface area contributed by atoms with E-state index >= 15 is 0 Å². The van der Waals surface area contributed by atoms with Crippen molar-refractivity contribution >= 4 is 39.6 Å². The molecule has 0 radical (unpaired) electrons. The van der Waals surface area contributed by atoms with Gasteiger partial charge in [0.1, 0.15) is 5.92 Å². The number of hydrogen-bond donors (Lipinski definition) is 0. The standard InChI is InChI=1S/C29H25N3O3/c1-30(2)21-17-15-20(16-18-21)26-25-27(35-32(26)22-11-4-3-5-12-22)29(34)31(28(25)33)24-14-8-10-19-9-6-7-13-23(19)24/h3-18,25-27H,1-2H3/t25-,26-,27-/m0/s1. The second kappa shape index (κ2) is 8.25. The van der Waals surface area contributed by atoms with Crippen LogP contribution in [0.1, 0.15) is 11.6 Å². The van der Waals surface area contributed by atoms with E-state index in [1.54, 1.807) is 5.06 Å². The molecular formula is C29H25N3O3. The Hall–Kier alpha value is -4.16. The van der Waals surface area contributed by atoms with Crippen molar-refractivity contribution in [1.29, 1.82) is 0 Å². The molecule has 2 fully saturated rings. The summed E-state index contributed by atoms with van der Waals surface area (Å²) in [4.78, 5) is 37.3. The van der Waals surface area contributed by atoms with E-state index in [1.165, 1.54) is 4.90 Å². The van der Waals surface area contributed by atoms with E-state index in [0.29, 0.717) is 5.69 Å². The minimum Gasteiger partial charge on any atom is -0.378 e. The van der Waals surface area contributed by atoms with Crippen LogP contribution < -0.4 is 14.9 Å². The minimum absolute atomic E-state index is 0.239. The summed E-state index contributed by atoms with van der Waals surface area (Å²) in [5, 5.41) is 3.57. The number of rotatable bonds is 4. The summed E-state index contributed by atoms with van der Waals surface area (Å²) in [6, 6.07) is 30.7. The Bertz CT molecular complexity index is 1410. The summed E-state index contributed by atoms with van der Waals surface area (Å²) in [5.74, 6) is -1.23. The molecule has 2 aliphatic rings. The van der Waals surface area contributed by atoms with Gasteiger partial charge in [-0.3, -0.25) is 14.4 Å². The fourth-order valence-corrected chi connectivity index (χ4v) is 5.16. The highest BCUT2D eigenvalue weighted by Gasteiger charge is 2.60. The molecule has 4 aromatic rings. The molecule has 4 aromatic carbocycles. The average molecular weight is 464 g/mol. The Kier molecular flexibility index (Phi) is 5.04. The van der Waals surface area contributed by atoms with Crippen molar-refractivity contribution in [2.24, 2.45) is 5.92 Å². The van der Waals surface area contributed by atoms with Gasteiger partial charge in [0, 0.05) is 25.2 Å². The summed E-state index contributed by atoms with van der Waals surface area (Å²) in [7, 11) is 3.97. The molecule has 0 aromatic heterocycles. The van der Waals surface area contributed by atoms with Crippen LogP contribution >= 0.6 is 0 Å². The number of hydroxylamine groups is 1. The monoisotopic (exact) mass is 463 g/mol. The summed E-state index contributed by atoms with van der Waals surface area (Å²) in [6.07, 6.45) is -0.889. The first-order chi connectivity index (χ1) is 17.0. The second-order valence-corrected chi connectivity index (χ2v) is 9.15. The highest BCUT2D eigenvalue weighted by molar-refractivity contribution is 6.26. The van der Waals surface area contributed by atoms with Crippen LogP contribution in [0.25, 0.3) is 10.8 Å². The van der Waals surface area contributed by atoms with Crippen molar-refractivity contribution < 1.29 is 14.4 Å². The number of imide groups is 1. The zero-order valence-corrected chi connectivity index (χ0v) is 19.5. The van der Waals surface area contributed by atoms with Gasteiger partial charge >= 0.3 is 0 Å². The third-order valence-corrected chi connectivity index (χ3v) is 6.88. The predicted molar refractivity (Wildman–Crippen MR) is 137 cm³/mol. The van der Waals surface area contributed by atoms with Gasteiger partial charge in [-0.15, -0.1) is 0 Å². The van der Waals surface area contributed by atoms with E-state index < -0.39 is 18.1 Å². The number of carbonyl (C=O) groups excluding carboxylic acids is 2. The van der Waals surface area contributed by atoms with Crippen molar-refractivity contribution in [3.63, 3.8) is 0 Å². The highest BCUT2D eigenvalue weighted by atomic mass is 16.7. The third-order valence-electron chi connectivity index (χ3n) is 6.88. The van der Waals surface area contributed by atoms with Gasteiger partial charge in [-0.1, -0.05) is 66.7 Å². The minimum atomic E-state index is -0.889. The van der Waals surface area contributed by atoms with Crippen molar-refractivity contribution in [2.75, 3.05) is 29.0 Å². The molecule has 35 heavy (non-hydrogen) atoms. The van der Waals surface area contributed by atoms with Crippen LogP contribution in [0.5, 0.6) is 0 Å². The molecule has 0 unspecified atom stereocenters. The fraction of sp³-hybridized carbons (Fsp3) is 0.172. The van der Waals surface area contributed by atoms with Gasteiger partial charge in [0.25, 0.3) is 5.91 Å².